The molecular formula is C3H18F2Si. The quantitative estimate of drug-likeness (QED) is 0.414. The van der Waals surface area contributed by atoms with Crippen LogP contribution in [0.3, 0.4) is 0 Å². The average Bonchev–Trinajstić information content (AvgIpc) is 0. The summed E-state index contributed by atoms with van der Waals surface area (Å²) in [5.41, 5.74) is 0. The second-order valence-electron chi connectivity index (χ2n) is 0. The smallest absolute Gasteiger partial charge is 0.0149 e. The van der Waals surface area contributed by atoms with Gasteiger partial charge in [-0.1, -0.05) is 22.3 Å². The van der Waals surface area contributed by atoms with Crippen LogP contribution in [-0.4, -0.2) is 11.0 Å². The van der Waals surface area contributed by atoms with Crippen LogP contribution in [0.2, 0.25) is 0 Å². The van der Waals surface area contributed by atoms with Gasteiger partial charge in [-0.05, 0) is 11.0 Å². The van der Waals surface area contributed by atoms with Crippen LogP contribution in [0.25, 0.3) is 0 Å². The standard InChI is InChI=1S/3CH4.2FH.H4Si/h3*1H4;2*1H;1H4. The zero-order valence-electron chi connectivity index (χ0n) is 0.816. The Kier molecular flexibility index (Phi) is 63000000. The molecule has 0 aliphatic rings. The van der Waals surface area contributed by atoms with E-state index in [4.69, 9.17) is 0 Å². The van der Waals surface area contributed by atoms with Crippen molar-refractivity contribution in [2.24, 2.45) is 0 Å². The molecule has 0 spiro atoms. The second kappa shape index (κ2) is 14300. The molecule has 0 heterocycles. The van der Waals surface area contributed by atoms with Crippen molar-refractivity contribution in [1.29, 1.82) is 0 Å². The number of halogens is 2. The third-order valence-corrected chi connectivity index (χ3v) is 0. The van der Waals surface area contributed by atoms with Crippen LogP contribution in [0.5, 0.6) is 0 Å². The van der Waals surface area contributed by atoms with Crippen molar-refractivity contribution in [2.45, 2.75) is 22.3 Å². The Morgan fingerprint density at radius 3 is 0.500 bits per heavy atom. The molecule has 0 aliphatic heterocycles. The van der Waals surface area contributed by atoms with E-state index < -0.39 is 0 Å². The SMILES string of the molecule is C.C.C.F.F.[SiH4]. The Morgan fingerprint density at radius 1 is 0.500 bits per heavy atom. The number of hydrogen-bond acceptors (Lipinski definition) is 0. The highest BCUT2D eigenvalue weighted by molar-refractivity contribution is 5.75. The van der Waals surface area contributed by atoms with E-state index in [9.17, 15) is 0 Å². The van der Waals surface area contributed by atoms with Crippen LogP contribution < -0.4 is 0 Å². The molecular weight excluding hydrogens is 102 g/mol. The summed E-state index contributed by atoms with van der Waals surface area (Å²) >= 11 is 0. The van der Waals surface area contributed by atoms with E-state index in [1.54, 1.807) is 0 Å². The Labute approximate surface area is 43.7 Å². The van der Waals surface area contributed by atoms with Gasteiger partial charge in [0.25, 0.3) is 0 Å². The fourth-order valence-electron chi connectivity index (χ4n) is 0. The predicted molar refractivity (Wildman–Crippen MR) is 36.5 cm³/mol. The van der Waals surface area contributed by atoms with E-state index in [0.29, 0.717) is 0 Å². The third kappa shape index (κ3) is 6530. The molecule has 0 atom stereocenters. The van der Waals surface area contributed by atoms with E-state index in [2.05, 4.69) is 0 Å². The maximum absolute atomic E-state index is 0. The molecule has 0 unspecified atom stereocenters. The van der Waals surface area contributed by atoms with E-state index in [1.807, 2.05) is 0 Å². The average molecular weight is 120 g/mol. The molecule has 0 radical (unpaired) electrons. The monoisotopic (exact) mass is 120 g/mol. The summed E-state index contributed by atoms with van der Waals surface area (Å²) in [6.07, 6.45) is 0. The Balaban J connectivity index is 0. The number of hydrogen-bond donors (Lipinski definition) is 0. The summed E-state index contributed by atoms with van der Waals surface area (Å²) in [5.74, 6) is 0. The largest absolute Gasteiger partial charge is 0.269 e. The number of rotatable bonds is 0. The van der Waals surface area contributed by atoms with E-state index in [0.717, 1.165) is 0 Å². The third-order valence-electron chi connectivity index (χ3n) is 0. The van der Waals surface area contributed by atoms with Crippen LogP contribution in [0, 0.1) is 0 Å². The molecule has 0 fully saturated rings. The molecule has 0 nitrogen and oxygen atoms in total. The van der Waals surface area contributed by atoms with Crippen LogP contribution in [0.15, 0.2) is 0 Å². The lowest BCUT2D eigenvalue weighted by molar-refractivity contribution is 1.11. The summed E-state index contributed by atoms with van der Waals surface area (Å²) in [5, 5.41) is 0. The second-order valence-corrected chi connectivity index (χ2v) is 0. The molecule has 0 aromatic carbocycles. The van der Waals surface area contributed by atoms with Crippen LogP contribution >= 0.6 is 0 Å². The van der Waals surface area contributed by atoms with Crippen molar-refractivity contribution in [3.8, 4) is 0 Å². The Bertz CT molecular complexity index is 8.75. The molecule has 0 saturated heterocycles. The summed E-state index contributed by atoms with van der Waals surface area (Å²) in [6.45, 7) is 0. The fraction of sp³-hybridized carbons (Fsp3) is 1.00. The van der Waals surface area contributed by atoms with Gasteiger partial charge in [-0.25, -0.2) is 0 Å². The van der Waals surface area contributed by atoms with Gasteiger partial charge >= 0.3 is 0 Å². The minimum Gasteiger partial charge on any atom is -0.269 e. The van der Waals surface area contributed by atoms with Gasteiger partial charge in [0.2, 0.25) is 0 Å². The van der Waals surface area contributed by atoms with Crippen LogP contribution in [0.1, 0.15) is 22.3 Å². The van der Waals surface area contributed by atoms with Gasteiger partial charge in [0, 0.05) is 0 Å². The molecule has 48 valence electrons. The van der Waals surface area contributed by atoms with Crippen LogP contribution in [0.4, 0.5) is 9.41 Å². The molecule has 0 aliphatic carbocycles. The van der Waals surface area contributed by atoms with Gasteiger partial charge in [-0.15, -0.1) is 0 Å². The van der Waals surface area contributed by atoms with Crippen molar-refractivity contribution < 1.29 is 9.41 Å². The summed E-state index contributed by atoms with van der Waals surface area (Å²) < 4.78 is 0. The first-order chi connectivity index (χ1) is 0. The normalized spacial score (nSPS) is 0. The van der Waals surface area contributed by atoms with Gasteiger partial charge < -0.3 is 0 Å². The van der Waals surface area contributed by atoms with Gasteiger partial charge in [-0.2, -0.15) is 0 Å². The molecule has 0 bridgehead atoms. The van der Waals surface area contributed by atoms with Gasteiger partial charge in [0.1, 0.15) is 0 Å². The molecule has 3 heteroatoms. The van der Waals surface area contributed by atoms with E-state index in [-0.39, 0.29) is 42.7 Å². The zero-order chi connectivity index (χ0) is 0. The topological polar surface area (TPSA) is 0 Å². The van der Waals surface area contributed by atoms with Crippen molar-refractivity contribution in [3.63, 3.8) is 0 Å². The summed E-state index contributed by atoms with van der Waals surface area (Å²) in [6, 6.07) is 0. The minimum atomic E-state index is 0. The lowest BCUT2D eigenvalue weighted by Gasteiger charge is -0.270. The van der Waals surface area contributed by atoms with Crippen molar-refractivity contribution in [3.05, 3.63) is 0 Å². The molecule has 0 saturated carbocycles. The molecule has 0 rings (SSSR count). The molecule has 0 aromatic heterocycles. The lowest BCUT2D eigenvalue weighted by atomic mass is 12.0. The lowest BCUT2D eigenvalue weighted by Crippen LogP contribution is -0.381. The molecule has 0 N–H and O–H groups in total. The Hall–Kier alpha value is 0.0769. The van der Waals surface area contributed by atoms with E-state index in [1.165, 1.54) is 0 Å². The van der Waals surface area contributed by atoms with Crippen molar-refractivity contribution in [1.82, 2.24) is 0 Å². The highest BCUT2D eigenvalue weighted by Gasteiger charge is -0.0148. The summed E-state index contributed by atoms with van der Waals surface area (Å²) in [7, 11) is 0. The Morgan fingerprint density at radius 2 is 0.500 bits per heavy atom. The summed E-state index contributed by atoms with van der Waals surface area (Å²) in [4.78, 5) is 0. The fourth-order valence-corrected chi connectivity index (χ4v) is 0. The maximum Gasteiger partial charge on any atom is -0.0149 e. The van der Waals surface area contributed by atoms with Gasteiger partial charge in [0.15, 0.2) is 0 Å². The molecule has 6 heavy (non-hydrogen) atoms. The van der Waals surface area contributed by atoms with Gasteiger partial charge in [-0.3, -0.25) is 9.41 Å². The first-order valence-corrected chi connectivity index (χ1v) is 0. The molecule has 0 aromatic rings. The minimum absolute atomic E-state index is 0. The first-order valence-electron chi connectivity index (χ1n) is 0. The molecule has 0 amide bonds. The highest BCUT2D eigenvalue weighted by atomic mass is 28.1. The highest BCUT2D eigenvalue weighted by Crippen LogP contribution is 0.421. The zero-order valence-corrected chi connectivity index (χ0v) is 0.816. The van der Waals surface area contributed by atoms with Crippen LogP contribution in [-0.2, 0) is 0 Å². The van der Waals surface area contributed by atoms with Crippen molar-refractivity contribution in [2.75, 3.05) is 0 Å². The van der Waals surface area contributed by atoms with E-state index >= 15 is 0 Å². The van der Waals surface area contributed by atoms with Gasteiger partial charge in [0.05, 0.1) is 0 Å². The predicted octanol–water partition coefficient (Wildman–Crippen LogP) is 0.762. The van der Waals surface area contributed by atoms with Crippen molar-refractivity contribution >= 4 is 11.0 Å². The first kappa shape index (κ1) is 26500. The maximum atomic E-state index is 0.